The van der Waals surface area contributed by atoms with Crippen LogP contribution in [0.25, 0.3) is 0 Å². The van der Waals surface area contributed by atoms with E-state index in [9.17, 15) is 0 Å². The minimum atomic E-state index is 0.184. The molecule has 0 amide bonds. The van der Waals surface area contributed by atoms with Gasteiger partial charge in [0.1, 0.15) is 6.07 Å². The molecule has 5 rings (SSSR count). The first kappa shape index (κ1) is 12.0. The molecule has 0 atom stereocenters. The van der Waals surface area contributed by atoms with Crippen molar-refractivity contribution >= 4 is 11.5 Å². The number of rotatable bonds is 2. The van der Waals surface area contributed by atoms with Gasteiger partial charge in [0.15, 0.2) is 5.82 Å². The highest BCUT2D eigenvalue weighted by atomic mass is 15.1. The van der Waals surface area contributed by atoms with Gasteiger partial charge in [-0.3, -0.25) is 0 Å². The molecule has 0 aliphatic heterocycles. The van der Waals surface area contributed by atoms with Crippen LogP contribution < -0.4 is 11.1 Å². The molecule has 4 aliphatic carbocycles. The zero-order valence-corrected chi connectivity index (χ0v) is 11.6. The molecule has 4 heteroatoms. The van der Waals surface area contributed by atoms with Gasteiger partial charge in [-0.05, 0) is 62.3 Å². The molecule has 4 saturated carbocycles. The minimum absolute atomic E-state index is 0.184. The van der Waals surface area contributed by atoms with Gasteiger partial charge in [0, 0.05) is 11.7 Å². The molecule has 0 saturated heterocycles. The molecule has 0 radical (unpaired) electrons. The van der Waals surface area contributed by atoms with Crippen LogP contribution in [0.15, 0.2) is 12.3 Å². The molecular formula is C16H20N4. The summed E-state index contributed by atoms with van der Waals surface area (Å²) >= 11 is 0. The van der Waals surface area contributed by atoms with E-state index < -0.39 is 0 Å². The predicted molar refractivity (Wildman–Crippen MR) is 77.9 cm³/mol. The predicted octanol–water partition coefficient (Wildman–Crippen LogP) is 2.92. The Morgan fingerprint density at radius 3 is 2.35 bits per heavy atom. The number of nitrogen functional groups attached to an aromatic ring is 1. The Bertz CT molecular complexity index is 551. The smallest absolute Gasteiger partial charge is 0.150 e. The molecule has 0 aromatic carbocycles. The number of nitriles is 1. The number of nitrogens with two attached hydrogens (primary N) is 1. The number of nitrogens with zero attached hydrogens (tertiary/aromatic N) is 2. The van der Waals surface area contributed by atoms with Crippen LogP contribution in [-0.4, -0.2) is 10.5 Å². The SMILES string of the molecule is N#Cc1ccnc(NC23CC4CC(CC(C4)C2)C3)c1N. The lowest BCUT2D eigenvalue weighted by molar-refractivity contribution is 0.0106. The summed E-state index contributed by atoms with van der Waals surface area (Å²) in [5.74, 6) is 3.36. The maximum Gasteiger partial charge on any atom is 0.150 e. The molecule has 4 nitrogen and oxygen atoms in total. The summed E-state index contributed by atoms with van der Waals surface area (Å²) in [5, 5.41) is 12.7. The molecule has 4 bridgehead atoms. The summed E-state index contributed by atoms with van der Waals surface area (Å²) in [6, 6.07) is 3.82. The molecule has 1 heterocycles. The van der Waals surface area contributed by atoms with Crippen molar-refractivity contribution in [2.75, 3.05) is 11.1 Å². The zero-order chi connectivity index (χ0) is 13.7. The summed E-state index contributed by atoms with van der Waals surface area (Å²) in [4.78, 5) is 4.38. The standard InChI is InChI=1S/C16H20N4/c17-9-13-1-2-19-15(14(13)18)20-16-6-10-3-11(7-16)5-12(4-10)8-16/h1-2,10-12H,3-8,18H2,(H,19,20). The van der Waals surface area contributed by atoms with Crippen molar-refractivity contribution in [3.8, 4) is 6.07 Å². The second-order valence-corrected chi connectivity index (χ2v) is 7.06. The zero-order valence-electron chi connectivity index (χ0n) is 11.6. The van der Waals surface area contributed by atoms with Crippen LogP contribution >= 0.6 is 0 Å². The van der Waals surface area contributed by atoms with E-state index in [1.807, 2.05) is 0 Å². The number of nitrogens with one attached hydrogen (secondary N) is 1. The van der Waals surface area contributed by atoms with E-state index in [0.29, 0.717) is 17.1 Å². The summed E-state index contributed by atoms with van der Waals surface area (Å²) in [7, 11) is 0. The van der Waals surface area contributed by atoms with Crippen LogP contribution in [0.3, 0.4) is 0 Å². The van der Waals surface area contributed by atoms with Crippen molar-refractivity contribution in [3.63, 3.8) is 0 Å². The fraction of sp³-hybridized carbons (Fsp3) is 0.625. The highest BCUT2D eigenvalue weighted by molar-refractivity contribution is 5.69. The van der Waals surface area contributed by atoms with Crippen LogP contribution in [-0.2, 0) is 0 Å². The third kappa shape index (κ3) is 1.76. The molecule has 104 valence electrons. The number of aromatic nitrogens is 1. The minimum Gasteiger partial charge on any atom is -0.395 e. The van der Waals surface area contributed by atoms with Gasteiger partial charge in [-0.2, -0.15) is 5.26 Å². The monoisotopic (exact) mass is 268 g/mol. The Morgan fingerprint density at radius 1 is 1.20 bits per heavy atom. The molecule has 3 N–H and O–H groups in total. The fourth-order valence-corrected chi connectivity index (χ4v) is 5.19. The van der Waals surface area contributed by atoms with Crippen LogP contribution in [0.1, 0.15) is 44.1 Å². The van der Waals surface area contributed by atoms with E-state index in [4.69, 9.17) is 11.0 Å². The van der Waals surface area contributed by atoms with Crippen molar-refractivity contribution in [2.24, 2.45) is 17.8 Å². The van der Waals surface area contributed by atoms with E-state index >= 15 is 0 Å². The van der Waals surface area contributed by atoms with Crippen LogP contribution in [0.5, 0.6) is 0 Å². The normalized spacial score (nSPS) is 37.6. The maximum absolute atomic E-state index is 9.09. The maximum atomic E-state index is 9.09. The lowest BCUT2D eigenvalue weighted by atomic mass is 9.53. The first-order chi connectivity index (χ1) is 9.67. The van der Waals surface area contributed by atoms with Crippen LogP contribution in [0, 0.1) is 29.1 Å². The number of hydrogen-bond acceptors (Lipinski definition) is 4. The highest BCUT2D eigenvalue weighted by Gasteiger charge is 2.51. The summed E-state index contributed by atoms with van der Waals surface area (Å²) in [6.07, 6.45) is 9.68. The largest absolute Gasteiger partial charge is 0.395 e. The Kier molecular flexibility index (Phi) is 2.47. The third-order valence-electron chi connectivity index (χ3n) is 5.53. The molecule has 0 unspecified atom stereocenters. The first-order valence-electron chi connectivity index (χ1n) is 7.60. The van der Waals surface area contributed by atoms with Gasteiger partial charge >= 0.3 is 0 Å². The van der Waals surface area contributed by atoms with Crippen LogP contribution in [0.4, 0.5) is 11.5 Å². The molecule has 1 aromatic rings. The van der Waals surface area contributed by atoms with E-state index in [1.165, 1.54) is 38.5 Å². The van der Waals surface area contributed by atoms with E-state index in [1.54, 1.807) is 12.3 Å². The lowest BCUT2D eigenvalue weighted by Gasteiger charge is -2.57. The van der Waals surface area contributed by atoms with Gasteiger partial charge < -0.3 is 11.1 Å². The van der Waals surface area contributed by atoms with E-state index in [2.05, 4.69) is 16.4 Å². The summed E-state index contributed by atoms with van der Waals surface area (Å²) in [6.45, 7) is 0. The molecule has 1 aromatic heterocycles. The Labute approximate surface area is 119 Å². The van der Waals surface area contributed by atoms with E-state index in [-0.39, 0.29) is 5.54 Å². The third-order valence-corrected chi connectivity index (χ3v) is 5.53. The molecule has 4 fully saturated rings. The molecule has 0 spiro atoms. The van der Waals surface area contributed by atoms with Crippen LogP contribution in [0.2, 0.25) is 0 Å². The number of anilines is 2. The quantitative estimate of drug-likeness (QED) is 0.864. The van der Waals surface area contributed by atoms with E-state index in [0.717, 1.165) is 17.8 Å². The molecule has 4 aliphatic rings. The lowest BCUT2D eigenvalue weighted by Crippen LogP contribution is -2.55. The van der Waals surface area contributed by atoms with Gasteiger partial charge in [-0.25, -0.2) is 4.98 Å². The van der Waals surface area contributed by atoms with Gasteiger partial charge in [0.2, 0.25) is 0 Å². The van der Waals surface area contributed by atoms with Crippen molar-refractivity contribution in [1.29, 1.82) is 5.26 Å². The second-order valence-electron chi connectivity index (χ2n) is 7.06. The van der Waals surface area contributed by atoms with Gasteiger partial charge in [-0.15, -0.1) is 0 Å². The Hall–Kier alpha value is -1.76. The fourth-order valence-electron chi connectivity index (χ4n) is 5.19. The van der Waals surface area contributed by atoms with Gasteiger partial charge in [0.25, 0.3) is 0 Å². The summed E-state index contributed by atoms with van der Waals surface area (Å²) < 4.78 is 0. The van der Waals surface area contributed by atoms with Gasteiger partial charge in [-0.1, -0.05) is 0 Å². The Morgan fingerprint density at radius 2 is 1.80 bits per heavy atom. The average Bonchev–Trinajstić information content (AvgIpc) is 2.39. The summed E-state index contributed by atoms with van der Waals surface area (Å²) in [5.41, 5.74) is 7.29. The Balaban J connectivity index is 1.65. The molecule has 20 heavy (non-hydrogen) atoms. The number of hydrogen-bond donors (Lipinski definition) is 2. The highest BCUT2D eigenvalue weighted by Crippen LogP contribution is 2.56. The topological polar surface area (TPSA) is 74.7 Å². The molecular weight excluding hydrogens is 248 g/mol. The first-order valence-corrected chi connectivity index (χ1v) is 7.60. The van der Waals surface area contributed by atoms with Crippen molar-refractivity contribution in [3.05, 3.63) is 17.8 Å². The van der Waals surface area contributed by atoms with Crippen molar-refractivity contribution in [1.82, 2.24) is 4.98 Å². The average molecular weight is 268 g/mol. The second kappa shape index (κ2) is 4.12. The number of pyridine rings is 1. The van der Waals surface area contributed by atoms with Crippen molar-refractivity contribution < 1.29 is 0 Å². The van der Waals surface area contributed by atoms with Gasteiger partial charge in [0.05, 0.1) is 11.3 Å². The van der Waals surface area contributed by atoms with Crippen molar-refractivity contribution in [2.45, 2.75) is 44.1 Å².